The zero-order chi connectivity index (χ0) is 13.1. The second kappa shape index (κ2) is 5.50. The summed E-state index contributed by atoms with van der Waals surface area (Å²) in [7, 11) is 1.69. The van der Waals surface area contributed by atoms with Crippen molar-refractivity contribution in [3.05, 3.63) is 45.4 Å². The van der Waals surface area contributed by atoms with Crippen molar-refractivity contribution >= 4 is 11.3 Å². The van der Waals surface area contributed by atoms with Gasteiger partial charge in [-0.1, -0.05) is 12.1 Å². The smallest absolute Gasteiger partial charge is 0.121 e. The molecular formula is C14H18N2OS. The minimum absolute atomic E-state index is 0.00704. The number of hydrogen-bond donors (Lipinski definition) is 1. The van der Waals surface area contributed by atoms with Crippen molar-refractivity contribution in [1.82, 2.24) is 4.98 Å². The maximum absolute atomic E-state index is 5.81. The highest BCUT2D eigenvalue weighted by molar-refractivity contribution is 7.09. The Bertz CT molecular complexity index is 534. The Morgan fingerprint density at radius 1 is 1.44 bits per heavy atom. The predicted molar refractivity (Wildman–Crippen MR) is 75.3 cm³/mol. The Balaban J connectivity index is 2.15. The van der Waals surface area contributed by atoms with Crippen molar-refractivity contribution in [3.63, 3.8) is 0 Å². The number of benzene rings is 1. The monoisotopic (exact) mass is 262 g/mol. The highest BCUT2D eigenvalue weighted by Crippen LogP contribution is 2.22. The van der Waals surface area contributed by atoms with Gasteiger partial charge in [0.15, 0.2) is 0 Å². The predicted octanol–water partition coefficient (Wildman–Crippen LogP) is 3.07. The number of ether oxygens (including phenoxy) is 1. The van der Waals surface area contributed by atoms with Crippen LogP contribution in [0.5, 0.6) is 5.75 Å². The van der Waals surface area contributed by atoms with Gasteiger partial charge in [0.2, 0.25) is 0 Å². The van der Waals surface area contributed by atoms with Gasteiger partial charge < -0.3 is 10.5 Å². The molecule has 96 valence electrons. The summed E-state index contributed by atoms with van der Waals surface area (Å²) in [6.45, 7) is 4.01. The lowest BCUT2D eigenvalue weighted by molar-refractivity contribution is 0.411. The van der Waals surface area contributed by atoms with Crippen molar-refractivity contribution < 1.29 is 4.74 Å². The van der Waals surface area contributed by atoms with Gasteiger partial charge in [-0.15, -0.1) is 11.3 Å². The molecule has 0 saturated heterocycles. The fourth-order valence-corrected chi connectivity index (χ4v) is 2.77. The summed E-state index contributed by atoms with van der Waals surface area (Å²) in [6.07, 6.45) is 0.849. The lowest BCUT2D eigenvalue weighted by Crippen LogP contribution is -2.05. The molecule has 1 aromatic carbocycles. The lowest BCUT2D eigenvalue weighted by atomic mass is 10.1. The highest BCUT2D eigenvalue weighted by Gasteiger charge is 2.07. The van der Waals surface area contributed by atoms with E-state index in [-0.39, 0.29) is 6.04 Å². The van der Waals surface area contributed by atoms with E-state index < -0.39 is 0 Å². The third kappa shape index (κ3) is 2.89. The maximum atomic E-state index is 5.81. The minimum Gasteiger partial charge on any atom is -0.496 e. The first-order chi connectivity index (χ1) is 8.60. The molecular weight excluding hydrogens is 244 g/mol. The summed E-state index contributed by atoms with van der Waals surface area (Å²) in [5.41, 5.74) is 9.18. The molecule has 1 unspecified atom stereocenters. The van der Waals surface area contributed by atoms with Gasteiger partial charge in [-0.05, 0) is 31.0 Å². The first-order valence-corrected chi connectivity index (χ1v) is 6.81. The van der Waals surface area contributed by atoms with Crippen molar-refractivity contribution in [3.8, 4) is 5.75 Å². The van der Waals surface area contributed by atoms with Crippen molar-refractivity contribution in [2.75, 3.05) is 7.11 Å². The SMILES string of the molecule is COc1ccc(Cc2nc(C(C)N)cs2)cc1C. The summed E-state index contributed by atoms with van der Waals surface area (Å²) in [4.78, 5) is 4.54. The first-order valence-electron chi connectivity index (χ1n) is 5.93. The van der Waals surface area contributed by atoms with Crippen LogP contribution in [0.1, 0.15) is 34.8 Å². The molecule has 3 nitrogen and oxygen atoms in total. The van der Waals surface area contributed by atoms with Gasteiger partial charge in [-0.25, -0.2) is 4.98 Å². The van der Waals surface area contributed by atoms with E-state index in [1.807, 2.05) is 18.4 Å². The number of nitrogens with zero attached hydrogens (tertiary/aromatic N) is 1. The fourth-order valence-electron chi connectivity index (χ4n) is 1.84. The van der Waals surface area contributed by atoms with Gasteiger partial charge in [0.05, 0.1) is 17.8 Å². The van der Waals surface area contributed by atoms with E-state index in [0.717, 1.165) is 28.4 Å². The maximum Gasteiger partial charge on any atom is 0.121 e. The Labute approximate surface area is 112 Å². The Morgan fingerprint density at radius 2 is 2.22 bits per heavy atom. The van der Waals surface area contributed by atoms with E-state index in [9.17, 15) is 0 Å². The van der Waals surface area contributed by atoms with Gasteiger partial charge in [0, 0.05) is 17.8 Å². The van der Waals surface area contributed by atoms with E-state index in [2.05, 4.69) is 24.0 Å². The summed E-state index contributed by atoms with van der Waals surface area (Å²) < 4.78 is 5.26. The highest BCUT2D eigenvalue weighted by atomic mass is 32.1. The number of hydrogen-bond acceptors (Lipinski definition) is 4. The quantitative estimate of drug-likeness (QED) is 0.921. The summed E-state index contributed by atoms with van der Waals surface area (Å²) in [6, 6.07) is 6.24. The standard InChI is InChI=1S/C14H18N2OS/c1-9-6-11(4-5-13(9)17-3)7-14-16-12(8-18-14)10(2)15/h4-6,8,10H,7,15H2,1-3H3. The Morgan fingerprint density at radius 3 is 2.78 bits per heavy atom. The third-order valence-electron chi connectivity index (χ3n) is 2.85. The third-order valence-corrected chi connectivity index (χ3v) is 3.72. The molecule has 1 aromatic heterocycles. The average molecular weight is 262 g/mol. The molecule has 2 rings (SSSR count). The van der Waals surface area contributed by atoms with Crippen molar-refractivity contribution in [2.45, 2.75) is 26.3 Å². The molecule has 0 saturated carbocycles. The van der Waals surface area contributed by atoms with Crippen LogP contribution < -0.4 is 10.5 Å². The molecule has 2 N–H and O–H groups in total. The normalized spacial score (nSPS) is 12.4. The van der Waals surface area contributed by atoms with E-state index in [0.29, 0.717) is 0 Å². The second-order valence-electron chi connectivity index (χ2n) is 4.44. The molecule has 0 spiro atoms. The lowest BCUT2D eigenvalue weighted by Gasteiger charge is -2.06. The van der Waals surface area contributed by atoms with E-state index in [1.165, 1.54) is 5.56 Å². The zero-order valence-corrected chi connectivity index (χ0v) is 11.8. The van der Waals surface area contributed by atoms with Gasteiger partial charge in [-0.2, -0.15) is 0 Å². The zero-order valence-electron chi connectivity index (χ0n) is 10.9. The average Bonchev–Trinajstić information content (AvgIpc) is 2.78. The Kier molecular flexibility index (Phi) is 3.99. The van der Waals surface area contributed by atoms with Crippen LogP contribution in [0.25, 0.3) is 0 Å². The number of aryl methyl sites for hydroxylation is 1. The van der Waals surface area contributed by atoms with Gasteiger partial charge in [-0.3, -0.25) is 0 Å². The van der Waals surface area contributed by atoms with Crippen LogP contribution in [0.2, 0.25) is 0 Å². The number of methoxy groups -OCH3 is 1. The van der Waals surface area contributed by atoms with Crippen LogP contribution >= 0.6 is 11.3 Å². The van der Waals surface area contributed by atoms with E-state index in [1.54, 1.807) is 18.4 Å². The van der Waals surface area contributed by atoms with E-state index in [4.69, 9.17) is 10.5 Å². The van der Waals surface area contributed by atoms with Crippen LogP contribution in [0.15, 0.2) is 23.6 Å². The first kappa shape index (κ1) is 13.1. The second-order valence-corrected chi connectivity index (χ2v) is 5.38. The number of rotatable bonds is 4. The number of aromatic nitrogens is 1. The molecule has 0 radical (unpaired) electrons. The summed E-state index contributed by atoms with van der Waals surface area (Å²) in [5, 5.41) is 3.14. The molecule has 1 heterocycles. The number of thiazole rings is 1. The molecule has 1 atom stereocenters. The molecule has 0 aliphatic heterocycles. The molecule has 18 heavy (non-hydrogen) atoms. The largest absolute Gasteiger partial charge is 0.496 e. The molecule has 0 amide bonds. The van der Waals surface area contributed by atoms with Gasteiger partial charge >= 0.3 is 0 Å². The van der Waals surface area contributed by atoms with E-state index >= 15 is 0 Å². The van der Waals surface area contributed by atoms with Crippen molar-refractivity contribution in [1.29, 1.82) is 0 Å². The molecule has 0 aliphatic rings. The minimum atomic E-state index is 0.00704. The molecule has 2 aromatic rings. The fraction of sp³-hybridized carbons (Fsp3) is 0.357. The molecule has 0 bridgehead atoms. The summed E-state index contributed by atoms with van der Waals surface area (Å²) in [5.74, 6) is 0.925. The van der Waals surface area contributed by atoms with Crippen LogP contribution in [0, 0.1) is 6.92 Å². The van der Waals surface area contributed by atoms with Gasteiger partial charge in [0.25, 0.3) is 0 Å². The van der Waals surface area contributed by atoms with Crippen molar-refractivity contribution in [2.24, 2.45) is 5.73 Å². The van der Waals surface area contributed by atoms with Crippen LogP contribution in [0.3, 0.4) is 0 Å². The number of nitrogens with two attached hydrogens (primary N) is 1. The van der Waals surface area contributed by atoms with Gasteiger partial charge in [0.1, 0.15) is 5.75 Å². The molecule has 0 fully saturated rings. The van der Waals surface area contributed by atoms with Crippen LogP contribution in [-0.2, 0) is 6.42 Å². The van der Waals surface area contributed by atoms with Crippen LogP contribution in [-0.4, -0.2) is 12.1 Å². The molecule has 0 aliphatic carbocycles. The molecule has 4 heteroatoms. The topological polar surface area (TPSA) is 48.1 Å². The van der Waals surface area contributed by atoms with Crippen LogP contribution in [0.4, 0.5) is 0 Å². The Hall–Kier alpha value is -1.39. The summed E-state index contributed by atoms with van der Waals surface area (Å²) >= 11 is 1.67.